The van der Waals surface area contributed by atoms with Gasteiger partial charge in [0.05, 0.1) is 16.1 Å². The predicted molar refractivity (Wildman–Crippen MR) is 97.6 cm³/mol. The van der Waals surface area contributed by atoms with Crippen molar-refractivity contribution in [3.8, 4) is 5.75 Å². The van der Waals surface area contributed by atoms with Gasteiger partial charge in [-0.2, -0.15) is 0 Å². The van der Waals surface area contributed by atoms with Crippen LogP contribution in [-0.2, 0) is 0 Å². The summed E-state index contributed by atoms with van der Waals surface area (Å²) >= 11 is 11.9. The molecule has 25 heavy (non-hydrogen) atoms. The van der Waals surface area contributed by atoms with Crippen LogP contribution in [0.15, 0.2) is 48.7 Å². The van der Waals surface area contributed by atoms with Crippen LogP contribution < -0.4 is 10.5 Å². The number of carbonyl (C=O) groups is 2. The van der Waals surface area contributed by atoms with Crippen molar-refractivity contribution < 1.29 is 14.3 Å². The van der Waals surface area contributed by atoms with E-state index in [0.29, 0.717) is 26.7 Å². The highest BCUT2D eigenvalue weighted by atomic mass is 35.5. The van der Waals surface area contributed by atoms with Crippen LogP contribution in [0.5, 0.6) is 5.75 Å². The summed E-state index contributed by atoms with van der Waals surface area (Å²) in [5.41, 5.74) is 6.26. The normalized spacial score (nSPS) is 12.1. The zero-order valence-electron chi connectivity index (χ0n) is 13.2. The average molecular weight is 377 g/mol. The zero-order chi connectivity index (χ0) is 18.1. The fourth-order valence-corrected chi connectivity index (χ4v) is 3.02. The summed E-state index contributed by atoms with van der Waals surface area (Å²) in [4.78, 5) is 24.4. The Morgan fingerprint density at radius 1 is 1.16 bits per heavy atom. The summed E-state index contributed by atoms with van der Waals surface area (Å²) in [6.45, 7) is 1.60. The number of hydrogen-bond donors (Lipinski definition) is 1. The van der Waals surface area contributed by atoms with Crippen LogP contribution in [0.4, 0.5) is 0 Å². The van der Waals surface area contributed by atoms with Gasteiger partial charge in [-0.3, -0.25) is 14.2 Å². The van der Waals surface area contributed by atoms with E-state index in [0.717, 1.165) is 0 Å². The van der Waals surface area contributed by atoms with Crippen LogP contribution in [0.1, 0.15) is 22.1 Å². The van der Waals surface area contributed by atoms with Gasteiger partial charge in [0.15, 0.2) is 6.10 Å². The van der Waals surface area contributed by atoms with E-state index in [9.17, 15) is 9.59 Å². The van der Waals surface area contributed by atoms with E-state index >= 15 is 0 Å². The van der Waals surface area contributed by atoms with Crippen molar-refractivity contribution in [1.29, 1.82) is 0 Å². The molecule has 0 aliphatic heterocycles. The first kappa shape index (κ1) is 17.3. The Kier molecular flexibility index (Phi) is 4.70. The van der Waals surface area contributed by atoms with E-state index in [1.807, 2.05) is 0 Å². The van der Waals surface area contributed by atoms with E-state index in [1.54, 1.807) is 43.3 Å². The van der Waals surface area contributed by atoms with Gasteiger partial charge in [-0.25, -0.2) is 0 Å². The molecular weight excluding hydrogens is 363 g/mol. The molecule has 0 bridgehead atoms. The molecule has 1 heterocycles. The van der Waals surface area contributed by atoms with Crippen LogP contribution in [0.3, 0.4) is 0 Å². The average Bonchev–Trinajstić information content (AvgIpc) is 2.96. The number of halogens is 2. The van der Waals surface area contributed by atoms with E-state index in [-0.39, 0.29) is 11.5 Å². The fourth-order valence-electron chi connectivity index (χ4n) is 2.57. The molecule has 0 radical (unpaired) electrons. The number of carbonyl (C=O) groups excluding carboxylic acids is 2. The Morgan fingerprint density at radius 3 is 2.56 bits per heavy atom. The molecule has 0 fully saturated rings. The molecule has 3 rings (SSSR count). The second-order valence-corrected chi connectivity index (χ2v) is 6.31. The lowest BCUT2D eigenvalue weighted by Gasteiger charge is -2.15. The van der Waals surface area contributed by atoms with E-state index < -0.39 is 12.0 Å². The molecule has 5 nitrogen and oxygen atoms in total. The first-order valence-corrected chi connectivity index (χ1v) is 8.20. The Labute approximate surface area is 153 Å². The number of aromatic nitrogens is 1. The molecule has 3 aromatic rings. The van der Waals surface area contributed by atoms with Gasteiger partial charge in [-0.05, 0) is 31.2 Å². The van der Waals surface area contributed by atoms with Gasteiger partial charge >= 0.3 is 0 Å². The molecule has 0 saturated heterocycles. The summed E-state index contributed by atoms with van der Waals surface area (Å²) in [5.74, 6) is -0.606. The third-order valence-electron chi connectivity index (χ3n) is 3.76. The maximum atomic E-state index is 12.8. The fraction of sp³-hybridized carbons (Fsp3) is 0.111. The third-order valence-corrected chi connectivity index (χ3v) is 4.29. The lowest BCUT2D eigenvalue weighted by Crippen LogP contribution is -2.29. The Balaban J connectivity index is 1.95. The molecular formula is C18H14Cl2N2O3. The van der Waals surface area contributed by atoms with Crippen LogP contribution in [0.2, 0.25) is 10.0 Å². The first-order valence-electron chi connectivity index (χ1n) is 7.44. The van der Waals surface area contributed by atoms with Crippen molar-refractivity contribution in [2.75, 3.05) is 0 Å². The Hall–Kier alpha value is -2.50. The molecule has 2 N–H and O–H groups in total. The molecule has 7 heteroatoms. The summed E-state index contributed by atoms with van der Waals surface area (Å²) in [6, 6.07) is 11.8. The van der Waals surface area contributed by atoms with Gasteiger partial charge < -0.3 is 10.5 Å². The number of ether oxygens (including phenoxy) is 1. The molecule has 1 aromatic heterocycles. The molecule has 1 atom stereocenters. The summed E-state index contributed by atoms with van der Waals surface area (Å²) in [5, 5.41) is 1.39. The summed E-state index contributed by atoms with van der Waals surface area (Å²) < 4.78 is 7.02. The van der Waals surface area contributed by atoms with Crippen molar-refractivity contribution >= 4 is 45.9 Å². The molecule has 2 aromatic carbocycles. The number of nitrogens with zero attached hydrogens (tertiary/aromatic N) is 1. The number of rotatable bonds is 4. The highest BCUT2D eigenvalue weighted by Crippen LogP contribution is 2.29. The largest absolute Gasteiger partial charge is 0.479 e. The summed E-state index contributed by atoms with van der Waals surface area (Å²) in [6.07, 6.45) is 0.591. The molecule has 0 aliphatic rings. The highest BCUT2D eigenvalue weighted by molar-refractivity contribution is 6.35. The van der Waals surface area contributed by atoms with Gasteiger partial charge in [0.2, 0.25) is 0 Å². The SMILES string of the molecule is CC(Oc1ccc(Cl)cc1Cl)C(=O)n1cc(C(N)=O)c2ccccc21. The first-order chi connectivity index (χ1) is 11.9. The Bertz CT molecular complexity index is 982. The second-order valence-electron chi connectivity index (χ2n) is 5.47. The minimum absolute atomic E-state index is 0.278. The van der Waals surface area contributed by atoms with Gasteiger partial charge in [0.25, 0.3) is 11.8 Å². The zero-order valence-corrected chi connectivity index (χ0v) is 14.7. The lowest BCUT2D eigenvalue weighted by molar-refractivity contribution is 0.0734. The second kappa shape index (κ2) is 6.78. The van der Waals surface area contributed by atoms with Crippen molar-refractivity contribution in [2.24, 2.45) is 5.73 Å². The van der Waals surface area contributed by atoms with Crippen molar-refractivity contribution in [1.82, 2.24) is 4.57 Å². The maximum absolute atomic E-state index is 12.8. The number of para-hydroxylation sites is 1. The van der Waals surface area contributed by atoms with E-state index in [4.69, 9.17) is 33.7 Å². The molecule has 128 valence electrons. The number of benzene rings is 2. The van der Waals surface area contributed by atoms with Crippen LogP contribution >= 0.6 is 23.2 Å². The van der Waals surface area contributed by atoms with Crippen molar-refractivity contribution in [2.45, 2.75) is 13.0 Å². The molecule has 1 unspecified atom stereocenters. The minimum atomic E-state index is -0.838. The third kappa shape index (κ3) is 3.34. The maximum Gasteiger partial charge on any atom is 0.271 e. The van der Waals surface area contributed by atoms with Gasteiger partial charge in [0.1, 0.15) is 5.75 Å². The minimum Gasteiger partial charge on any atom is -0.479 e. The number of hydrogen-bond acceptors (Lipinski definition) is 3. The number of amides is 1. The number of primary amides is 1. The topological polar surface area (TPSA) is 74.3 Å². The van der Waals surface area contributed by atoms with Crippen molar-refractivity contribution in [3.63, 3.8) is 0 Å². The smallest absolute Gasteiger partial charge is 0.271 e. The highest BCUT2D eigenvalue weighted by Gasteiger charge is 2.22. The van der Waals surface area contributed by atoms with Gasteiger partial charge in [-0.1, -0.05) is 41.4 Å². The standard InChI is InChI=1S/C18H14Cl2N2O3/c1-10(25-16-7-6-11(19)8-14(16)20)18(24)22-9-13(17(21)23)12-4-2-3-5-15(12)22/h2-10H,1H3,(H2,21,23). The lowest BCUT2D eigenvalue weighted by atomic mass is 10.2. The van der Waals surface area contributed by atoms with E-state index in [2.05, 4.69) is 0 Å². The quantitative estimate of drug-likeness (QED) is 0.742. The molecule has 0 spiro atoms. The monoisotopic (exact) mass is 376 g/mol. The van der Waals surface area contributed by atoms with Gasteiger partial charge in [0, 0.05) is 16.6 Å². The molecule has 0 aliphatic carbocycles. The van der Waals surface area contributed by atoms with Crippen LogP contribution in [0.25, 0.3) is 10.9 Å². The number of fused-ring (bicyclic) bond motifs is 1. The van der Waals surface area contributed by atoms with Crippen LogP contribution in [-0.4, -0.2) is 22.5 Å². The van der Waals surface area contributed by atoms with Gasteiger partial charge in [-0.15, -0.1) is 0 Å². The summed E-state index contributed by atoms with van der Waals surface area (Å²) in [7, 11) is 0. The van der Waals surface area contributed by atoms with Crippen LogP contribution in [0, 0.1) is 0 Å². The Morgan fingerprint density at radius 2 is 1.88 bits per heavy atom. The number of nitrogens with two attached hydrogens (primary N) is 1. The molecule has 1 amide bonds. The van der Waals surface area contributed by atoms with Crippen molar-refractivity contribution in [3.05, 3.63) is 64.3 Å². The van der Waals surface area contributed by atoms with E-state index in [1.165, 1.54) is 16.8 Å². The molecule has 0 saturated carbocycles. The predicted octanol–water partition coefficient (Wildman–Crippen LogP) is 4.15.